The first-order valence-corrected chi connectivity index (χ1v) is 9.18. The molecule has 0 bridgehead atoms. The number of carbonyl (C=O) groups excluding carboxylic acids is 2. The van der Waals surface area contributed by atoms with Crippen LogP contribution in [0.2, 0.25) is 0 Å². The van der Waals surface area contributed by atoms with Crippen molar-refractivity contribution in [2.24, 2.45) is 5.92 Å². The summed E-state index contributed by atoms with van der Waals surface area (Å²) in [7, 11) is 2.03. The second-order valence-corrected chi connectivity index (χ2v) is 7.68. The predicted octanol–water partition coefficient (Wildman–Crippen LogP) is 3.98. The van der Waals surface area contributed by atoms with Crippen molar-refractivity contribution in [3.05, 3.63) is 29.8 Å². The third-order valence-corrected chi connectivity index (χ3v) is 4.37. The molecule has 1 aliphatic heterocycles. The predicted molar refractivity (Wildman–Crippen MR) is 101 cm³/mol. The molecule has 0 unspecified atom stereocenters. The first kappa shape index (κ1) is 20.2. The normalized spacial score (nSPS) is 21.1. The fraction of sp³-hybridized carbons (Fsp3) is 0.600. The SMILES string of the molecule is CCOC(=O)[C@H]1CCCN(C)[C@H]1c1ccc(NC(=O)OC(C)(C)C)cc1. The number of hydrogen-bond donors (Lipinski definition) is 1. The summed E-state index contributed by atoms with van der Waals surface area (Å²) in [6, 6.07) is 7.56. The van der Waals surface area contributed by atoms with Gasteiger partial charge in [0.25, 0.3) is 0 Å². The highest BCUT2D eigenvalue weighted by Crippen LogP contribution is 2.36. The number of nitrogens with zero attached hydrogens (tertiary/aromatic N) is 1. The summed E-state index contributed by atoms with van der Waals surface area (Å²) in [5, 5.41) is 2.73. The minimum Gasteiger partial charge on any atom is -0.466 e. The number of carbonyl (C=O) groups is 2. The fourth-order valence-corrected chi connectivity index (χ4v) is 3.33. The molecule has 2 rings (SSSR count). The molecule has 1 saturated heterocycles. The third kappa shape index (κ3) is 5.46. The van der Waals surface area contributed by atoms with Gasteiger partial charge in [-0.25, -0.2) is 4.79 Å². The number of piperidine rings is 1. The lowest BCUT2D eigenvalue weighted by atomic mass is 9.85. The molecule has 0 aromatic heterocycles. The topological polar surface area (TPSA) is 67.9 Å². The van der Waals surface area contributed by atoms with Gasteiger partial charge in [-0.15, -0.1) is 0 Å². The van der Waals surface area contributed by atoms with Crippen LogP contribution in [0.3, 0.4) is 0 Å². The van der Waals surface area contributed by atoms with Crippen LogP contribution in [0.1, 0.15) is 52.1 Å². The van der Waals surface area contributed by atoms with Crippen LogP contribution in [0.4, 0.5) is 10.5 Å². The van der Waals surface area contributed by atoms with Gasteiger partial charge in [-0.2, -0.15) is 0 Å². The van der Waals surface area contributed by atoms with E-state index in [0.717, 1.165) is 24.9 Å². The Balaban J connectivity index is 2.11. The number of nitrogens with one attached hydrogen (secondary N) is 1. The van der Waals surface area contributed by atoms with Crippen molar-refractivity contribution in [1.82, 2.24) is 4.90 Å². The van der Waals surface area contributed by atoms with Crippen LogP contribution >= 0.6 is 0 Å². The maximum atomic E-state index is 12.4. The van der Waals surface area contributed by atoms with E-state index in [9.17, 15) is 9.59 Å². The Morgan fingerprint density at radius 2 is 1.88 bits per heavy atom. The van der Waals surface area contributed by atoms with E-state index in [0.29, 0.717) is 12.3 Å². The van der Waals surface area contributed by atoms with Gasteiger partial charge in [-0.3, -0.25) is 15.0 Å². The van der Waals surface area contributed by atoms with Crippen molar-refractivity contribution in [3.63, 3.8) is 0 Å². The Bertz CT molecular complexity index is 622. The molecule has 0 radical (unpaired) electrons. The molecule has 0 aliphatic carbocycles. The zero-order valence-corrected chi connectivity index (χ0v) is 16.4. The molecule has 6 heteroatoms. The zero-order chi connectivity index (χ0) is 19.3. The third-order valence-electron chi connectivity index (χ3n) is 4.37. The van der Waals surface area contributed by atoms with Gasteiger partial charge in [-0.1, -0.05) is 12.1 Å². The molecular formula is C20H30N2O4. The molecule has 6 nitrogen and oxygen atoms in total. The number of likely N-dealkylation sites (tertiary alicyclic amines) is 1. The average Bonchev–Trinajstić information content (AvgIpc) is 2.54. The van der Waals surface area contributed by atoms with Crippen LogP contribution in [0.15, 0.2) is 24.3 Å². The van der Waals surface area contributed by atoms with E-state index < -0.39 is 11.7 Å². The standard InChI is InChI=1S/C20H30N2O4/c1-6-25-18(23)16-8-7-13-22(5)17(16)14-9-11-15(12-10-14)21-19(24)26-20(2,3)4/h9-12,16-17H,6-8,13H2,1-5H3,(H,21,24)/t16-,17-/m0/s1. The van der Waals surface area contributed by atoms with Gasteiger partial charge >= 0.3 is 12.1 Å². The number of rotatable bonds is 4. The molecule has 0 saturated carbocycles. The van der Waals surface area contributed by atoms with Crippen molar-refractivity contribution in [2.45, 2.75) is 52.2 Å². The molecule has 144 valence electrons. The Labute approximate surface area is 155 Å². The first-order valence-electron chi connectivity index (χ1n) is 9.18. The summed E-state index contributed by atoms with van der Waals surface area (Å²) < 4.78 is 10.5. The molecule has 1 N–H and O–H groups in total. The molecule has 1 fully saturated rings. The quantitative estimate of drug-likeness (QED) is 0.821. The molecular weight excluding hydrogens is 332 g/mol. The number of ether oxygens (including phenoxy) is 2. The van der Waals surface area contributed by atoms with Crippen LogP contribution in [0.25, 0.3) is 0 Å². The number of hydrogen-bond acceptors (Lipinski definition) is 5. The smallest absolute Gasteiger partial charge is 0.412 e. The highest BCUT2D eigenvalue weighted by atomic mass is 16.6. The zero-order valence-electron chi connectivity index (χ0n) is 16.4. The largest absolute Gasteiger partial charge is 0.466 e. The lowest BCUT2D eigenvalue weighted by Crippen LogP contribution is -2.40. The van der Waals surface area contributed by atoms with Gasteiger partial charge in [0.2, 0.25) is 0 Å². The van der Waals surface area contributed by atoms with Gasteiger partial charge in [0, 0.05) is 11.7 Å². The Morgan fingerprint density at radius 1 is 1.23 bits per heavy atom. The molecule has 26 heavy (non-hydrogen) atoms. The van der Waals surface area contributed by atoms with E-state index in [-0.39, 0.29) is 17.9 Å². The van der Waals surface area contributed by atoms with E-state index in [4.69, 9.17) is 9.47 Å². The van der Waals surface area contributed by atoms with E-state index in [2.05, 4.69) is 10.2 Å². The van der Waals surface area contributed by atoms with Crippen LogP contribution in [-0.2, 0) is 14.3 Å². The van der Waals surface area contributed by atoms with Crippen LogP contribution in [-0.4, -0.2) is 42.8 Å². The number of anilines is 1. The monoisotopic (exact) mass is 362 g/mol. The van der Waals surface area contributed by atoms with Gasteiger partial charge in [0.15, 0.2) is 0 Å². The molecule has 0 spiro atoms. The maximum absolute atomic E-state index is 12.4. The van der Waals surface area contributed by atoms with Crippen molar-refractivity contribution >= 4 is 17.7 Å². The van der Waals surface area contributed by atoms with Crippen molar-refractivity contribution in [2.75, 3.05) is 25.5 Å². The summed E-state index contributed by atoms with van der Waals surface area (Å²) in [6.45, 7) is 8.64. The summed E-state index contributed by atoms with van der Waals surface area (Å²) >= 11 is 0. The second-order valence-electron chi connectivity index (χ2n) is 7.68. The van der Waals surface area contributed by atoms with E-state index in [1.165, 1.54) is 0 Å². The van der Waals surface area contributed by atoms with Gasteiger partial charge in [-0.05, 0) is 71.8 Å². The lowest BCUT2D eigenvalue weighted by Gasteiger charge is -2.38. The minimum absolute atomic E-state index is 0.0154. The molecule has 2 atom stereocenters. The molecule has 1 aromatic rings. The number of benzene rings is 1. The van der Waals surface area contributed by atoms with Crippen LogP contribution in [0.5, 0.6) is 0 Å². The van der Waals surface area contributed by atoms with E-state index >= 15 is 0 Å². The summed E-state index contributed by atoms with van der Waals surface area (Å²) in [4.78, 5) is 26.4. The second kappa shape index (κ2) is 8.54. The summed E-state index contributed by atoms with van der Waals surface area (Å²) in [5.41, 5.74) is 1.16. The molecule has 1 heterocycles. The van der Waals surface area contributed by atoms with Crippen LogP contribution in [0, 0.1) is 5.92 Å². The van der Waals surface area contributed by atoms with Gasteiger partial charge in [0.05, 0.1) is 12.5 Å². The minimum atomic E-state index is -0.540. The fourth-order valence-electron chi connectivity index (χ4n) is 3.33. The van der Waals surface area contributed by atoms with Crippen molar-refractivity contribution < 1.29 is 19.1 Å². The maximum Gasteiger partial charge on any atom is 0.412 e. The van der Waals surface area contributed by atoms with E-state index in [1.54, 1.807) is 0 Å². The Morgan fingerprint density at radius 3 is 2.46 bits per heavy atom. The Hall–Kier alpha value is -2.08. The van der Waals surface area contributed by atoms with Gasteiger partial charge < -0.3 is 9.47 Å². The summed E-state index contributed by atoms with van der Waals surface area (Å²) in [6.07, 6.45) is 1.32. The number of amides is 1. The highest BCUT2D eigenvalue weighted by Gasteiger charge is 2.36. The van der Waals surface area contributed by atoms with Crippen molar-refractivity contribution in [1.29, 1.82) is 0 Å². The van der Waals surface area contributed by atoms with E-state index in [1.807, 2.05) is 59.0 Å². The lowest BCUT2D eigenvalue weighted by molar-refractivity contribution is -0.152. The number of esters is 1. The summed E-state index contributed by atoms with van der Waals surface area (Å²) in [5.74, 6) is -0.307. The average molecular weight is 362 g/mol. The Kier molecular flexibility index (Phi) is 6.64. The van der Waals surface area contributed by atoms with Crippen LogP contribution < -0.4 is 5.32 Å². The first-order chi connectivity index (χ1) is 12.2. The molecule has 1 aliphatic rings. The highest BCUT2D eigenvalue weighted by molar-refractivity contribution is 5.84. The molecule has 1 amide bonds. The van der Waals surface area contributed by atoms with Gasteiger partial charge in [0.1, 0.15) is 5.60 Å². The van der Waals surface area contributed by atoms with Crippen molar-refractivity contribution in [3.8, 4) is 0 Å². The molecule has 1 aromatic carbocycles.